The number of ether oxygens (including phenoxy) is 1. The van der Waals surface area contributed by atoms with Gasteiger partial charge in [-0.2, -0.15) is 4.98 Å². The van der Waals surface area contributed by atoms with Gasteiger partial charge in [0.15, 0.2) is 5.82 Å². The van der Waals surface area contributed by atoms with Crippen LogP contribution in [0.25, 0.3) is 55.0 Å². The molecule has 1 aromatic heterocycles. The number of nitrogens with zero attached hydrogens (tertiary/aromatic N) is 2. The van der Waals surface area contributed by atoms with E-state index in [9.17, 15) is 5.11 Å². The fraction of sp³-hybridized carbons (Fsp3) is 0.161. The summed E-state index contributed by atoms with van der Waals surface area (Å²) in [4.78, 5) is 9.66. The lowest BCUT2D eigenvalue weighted by Crippen LogP contribution is -2.12. The summed E-state index contributed by atoms with van der Waals surface area (Å²) < 4.78 is 6.33. The highest BCUT2D eigenvalue weighted by molar-refractivity contribution is 6.25. The average molecular weight is 457 g/mol. The lowest BCUT2D eigenvalue weighted by molar-refractivity contribution is 0.201. The molecule has 0 amide bonds. The summed E-state index contributed by atoms with van der Waals surface area (Å²) in [5.41, 5.74) is 2.43. The number of aromatic hydroxyl groups is 1. The molecule has 0 spiro atoms. The number of phenolic OH excluding ortho intramolecular Hbond substituents is 1. The fourth-order valence-corrected chi connectivity index (χ4v) is 5.54. The van der Waals surface area contributed by atoms with Gasteiger partial charge >= 0.3 is 0 Å². The number of aromatic nitrogens is 2. The van der Waals surface area contributed by atoms with Crippen molar-refractivity contribution >= 4 is 32.3 Å². The van der Waals surface area contributed by atoms with Crippen LogP contribution in [0, 0.1) is 0 Å². The highest BCUT2D eigenvalue weighted by Crippen LogP contribution is 2.40. The average Bonchev–Trinajstić information content (AvgIpc) is 3.40. The second-order valence-corrected chi connectivity index (χ2v) is 9.43. The molecule has 1 N–H and O–H groups in total. The molecule has 4 nitrogen and oxygen atoms in total. The summed E-state index contributed by atoms with van der Waals surface area (Å²) in [6.45, 7) is 0. The highest BCUT2D eigenvalue weighted by atomic mass is 16.5. The largest absolute Gasteiger partial charge is 0.507 e. The molecule has 0 atom stereocenters. The van der Waals surface area contributed by atoms with Crippen LogP contribution in [0.4, 0.5) is 0 Å². The van der Waals surface area contributed by atoms with Gasteiger partial charge in [-0.05, 0) is 70.1 Å². The highest BCUT2D eigenvalue weighted by Gasteiger charge is 2.20. The Kier molecular flexibility index (Phi) is 4.59. The van der Waals surface area contributed by atoms with E-state index in [4.69, 9.17) is 14.7 Å². The summed E-state index contributed by atoms with van der Waals surface area (Å²) in [5, 5.41) is 17.9. The zero-order valence-electron chi connectivity index (χ0n) is 19.2. The van der Waals surface area contributed by atoms with Crippen molar-refractivity contribution in [3.8, 4) is 34.3 Å². The predicted octanol–water partition coefficient (Wildman–Crippen LogP) is 7.74. The number of rotatable bonds is 4. The van der Waals surface area contributed by atoms with E-state index in [0.29, 0.717) is 17.3 Å². The van der Waals surface area contributed by atoms with Crippen molar-refractivity contribution in [1.29, 1.82) is 0 Å². The molecular formula is C31H24N2O2. The van der Waals surface area contributed by atoms with Crippen molar-refractivity contribution in [2.24, 2.45) is 0 Å². The third kappa shape index (κ3) is 3.36. The van der Waals surface area contributed by atoms with Gasteiger partial charge in [0.25, 0.3) is 0 Å². The lowest BCUT2D eigenvalue weighted by atomic mass is 9.91. The van der Waals surface area contributed by atoms with Crippen LogP contribution in [0.1, 0.15) is 25.7 Å². The van der Waals surface area contributed by atoms with E-state index in [1.165, 1.54) is 39.8 Å². The van der Waals surface area contributed by atoms with E-state index < -0.39 is 0 Å². The van der Waals surface area contributed by atoms with Crippen LogP contribution in [0.5, 0.6) is 11.6 Å². The van der Waals surface area contributed by atoms with Crippen molar-refractivity contribution in [1.82, 2.24) is 9.97 Å². The molecule has 6 aromatic rings. The summed E-state index contributed by atoms with van der Waals surface area (Å²) in [6, 6.07) is 28.7. The van der Waals surface area contributed by atoms with E-state index in [2.05, 4.69) is 54.6 Å². The van der Waals surface area contributed by atoms with Crippen LogP contribution in [-0.4, -0.2) is 21.2 Å². The first-order valence-corrected chi connectivity index (χ1v) is 12.3. The maximum absolute atomic E-state index is 10.5. The monoisotopic (exact) mass is 456 g/mol. The van der Waals surface area contributed by atoms with Gasteiger partial charge in [-0.3, -0.25) is 0 Å². The molecule has 1 saturated carbocycles. The third-order valence-electron chi connectivity index (χ3n) is 7.24. The molecule has 7 rings (SSSR count). The number of para-hydroxylation sites is 1. The molecule has 1 aliphatic rings. The van der Waals surface area contributed by atoms with E-state index in [-0.39, 0.29) is 11.9 Å². The molecular weight excluding hydrogens is 432 g/mol. The maximum atomic E-state index is 10.5. The molecule has 170 valence electrons. The second kappa shape index (κ2) is 7.95. The molecule has 5 aromatic carbocycles. The Hall–Kier alpha value is -4.18. The number of hydrogen-bond donors (Lipinski definition) is 1. The van der Waals surface area contributed by atoms with Gasteiger partial charge in [0.2, 0.25) is 5.88 Å². The zero-order valence-corrected chi connectivity index (χ0v) is 19.2. The minimum atomic E-state index is 0.159. The van der Waals surface area contributed by atoms with Gasteiger partial charge in [0, 0.05) is 11.6 Å². The first kappa shape index (κ1) is 20.2. The minimum Gasteiger partial charge on any atom is -0.507 e. The fourth-order valence-electron chi connectivity index (χ4n) is 5.54. The molecule has 4 heteroatoms. The topological polar surface area (TPSA) is 55.2 Å². The normalized spacial score (nSPS) is 14.4. The standard InChI is InChI=1S/C31H24N2O2/c34-27-11-4-3-10-25(27)31-32-26(18-28(33-31)35-22-8-1-2-9-22)23-16-14-21-13-12-19-6-5-7-20-15-17-24(23)30(21)29(19)20/h3-7,10-18,22,34H,1-2,8-9H2. The van der Waals surface area contributed by atoms with Gasteiger partial charge in [0.05, 0.1) is 11.3 Å². The van der Waals surface area contributed by atoms with E-state index in [0.717, 1.165) is 29.5 Å². The molecule has 0 radical (unpaired) electrons. The number of hydrogen-bond acceptors (Lipinski definition) is 4. The molecule has 1 fully saturated rings. The number of phenols is 1. The Morgan fingerprint density at radius 1 is 0.686 bits per heavy atom. The van der Waals surface area contributed by atoms with Gasteiger partial charge in [-0.15, -0.1) is 0 Å². The van der Waals surface area contributed by atoms with E-state index in [1.807, 2.05) is 18.2 Å². The molecule has 0 bridgehead atoms. The van der Waals surface area contributed by atoms with Crippen LogP contribution in [0.3, 0.4) is 0 Å². The Morgan fingerprint density at radius 2 is 1.40 bits per heavy atom. The Balaban J connectivity index is 1.47. The van der Waals surface area contributed by atoms with Gasteiger partial charge in [0.1, 0.15) is 11.9 Å². The van der Waals surface area contributed by atoms with E-state index in [1.54, 1.807) is 12.1 Å². The van der Waals surface area contributed by atoms with Crippen LogP contribution in [0.2, 0.25) is 0 Å². The van der Waals surface area contributed by atoms with Crippen molar-refractivity contribution in [2.75, 3.05) is 0 Å². The van der Waals surface area contributed by atoms with Crippen LogP contribution in [0.15, 0.2) is 84.9 Å². The molecule has 0 aliphatic heterocycles. The Morgan fingerprint density at radius 3 is 2.20 bits per heavy atom. The van der Waals surface area contributed by atoms with Crippen LogP contribution in [-0.2, 0) is 0 Å². The van der Waals surface area contributed by atoms with Crippen molar-refractivity contribution in [2.45, 2.75) is 31.8 Å². The first-order valence-electron chi connectivity index (χ1n) is 12.3. The summed E-state index contributed by atoms with van der Waals surface area (Å²) in [6.07, 6.45) is 4.64. The maximum Gasteiger partial charge on any atom is 0.217 e. The Bertz CT molecular complexity index is 1690. The molecule has 0 unspecified atom stereocenters. The zero-order chi connectivity index (χ0) is 23.4. The first-order chi connectivity index (χ1) is 17.2. The van der Waals surface area contributed by atoms with Gasteiger partial charge in [-0.1, -0.05) is 66.7 Å². The third-order valence-corrected chi connectivity index (χ3v) is 7.24. The molecule has 35 heavy (non-hydrogen) atoms. The summed E-state index contributed by atoms with van der Waals surface area (Å²) in [7, 11) is 0. The van der Waals surface area contributed by atoms with E-state index >= 15 is 0 Å². The SMILES string of the molecule is Oc1ccccc1-c1nc(OC2CCCC2)cc(-c2ccc3ccc4cccc5ccc2c3c45)n1. The van der Waals surface area contributed by atoms with Crippen molar-refractivity contribution in [3.05, 3.63) is 84.9 Å². The lowest BCUT2D eigenvalue weighted by Gasteiger charge is -2.16. The van der Waals surface area contributed by atoms with Crippen LogP contribution >= 0.6 is 0 Å². The minimum absolute atomic E-state index is 0.159. The predicted molar refractivity (Wildman–Crippen MR) is 141 cm³/mol. The van der Waals surface area contributed by atoms with Gasteiger partial charge < -0.3 is 9.84 Å². The number of benzene rings is 5. The van der Waals surface area contributed by atoms with Gasteiger partial charge in [-0.25, -0.2) is 4.98 Å². The second-order valence-electron chi connectivity index (χ2n) is 9.43. The van der Waals surface area contributed by atoms with Crippen molar-refractivity contribution < 1.29 is 9.84 Å². The molecule has 0 saturated heterocycles. The smallest absolute Gasteiger partial charge is 0.217 e. The summed E-state index contributed by atoms with van der Waals surface area (Å²) >= 11 is 0. The quantitative estimate of drug-likeness (QED) is 0.276. The summed E-state index contributed by atoms with van der Waals surface area (Å²) in [5.74, 6) is 1.19. The Labute approximate surface area is 203 Å². The van der Waals surface area contributed by atoms with Crippen molar-refractivity contribution in [3.63, 3.8) is 0 Å². The molecule has 1 aliphatic carbocycles. The molecule has 1 heterocycles. The van der Waals surface area contributed by atoms with Crippen LogP contribution < -0.4 is 4.74 Å².